The van der Waals surface area contributed by atoms with Gasteiger partial charge >= 0.3 is 0 Å². The number of nitrogens with zero attached hydrogens (tertiary/aromatic N) is 1. The van der Waals surface area contributed by atoms with Crippen LogP contribution in [0.3, 0.4) is 0 Å². The van der Waals surface area contributed by atoms with Crippen molar-refractivity contribution in [3.8, 4) is 39.5 Å². The third-order valence-electron chi connectivity index (χ3n) is 5.87. The predicted octanol–water partition coefficient (Wildman–Crippen LogP) is 6.32. The zero-order chi connectivity index (χ0) is 21.7. The molecule has 4 nitrogen and oxygen atoms in total. The van der Waals surface area contributed by atoms with Gasteiger partial charge in [-0.1, -0.05) is 66.7 Å². The zero-order valence-electron chi connectivity index (χ0n) is 17.9. The molecule has 0 fully saturated rings. The number of benzene rings is 4. The Bertz CT molecular complexity index is 1300. The molecule has 4 heteroatoms. The second-order valence-electron chi connectivity index (χ2n) is 8.33. The molecule has 0 bridgehead atoms. The first-order chi connectivity index (χ1) is 15.0. The van der Waals surface area contributed by atoms with E-state index < -0.39 is 0 Å². The van der Waals surface area contributed by atoms with Gasteiger partial charge < -0.3 is 19.8 Å². The summed E-state index contributed by atoms with van der Waals surface area (Å²) in [5.74, 6) is 0.548. The lowest BCUT2D eigenvalue weighted by Gasteiger charge is -2.33. The Hall–Kier alpha value is -3.66. The van der Waals surface area contributed by atoms with E-state index in [0.717, 1.165) is 27.6 Å². The van der Waals surface area contributed by atoms with E-state index in [4.69, 9.17) is 4.74 Å². The largest absolute Gasteiger partial charge is 0.507 e. The van der Waals surface area contributed by atoms with Crippen LogP contribution in [0.15, 0.2) is 66.7 Å². The van der Waals surface area contributed by atoms with Gasteiger partial charge in [-0.3, -0.25) is 0 Å². The van der Waals surface area contributed by atoms with Crippen LogP contribution in [-0.2, 0) is 6.54 Å². The molecule has 1 heterocycles. The third kappa shape index (κ3) is 2.98. The number of aromatic hydroxyl groups is 2. The lowest BCUT2D eigenvalue weighted by Crippen LogP contribution is -2.22. The van der Waals surface area contributed by atoms with Crippen LogP contribution < -0.4 is 9.64 Å². The van der Waals surface area contributed by atoms with E-state index in [1.807, 2.05) is 69.4 Å². The standard InChI is InChI=1S/C27H25NO3/c1-16(2)31-27-22(18-10-5-4-6-11-18)25(29)21-15-28(3)24-19-12-8-7-9-17(19)13-14-20(24)23(21)26(27)30/h4-14,16,29-30H,15H2,1-3H3. The highest BCUT2D eigenvalue weighted by Crippen LogP contribution is 2.56. The topological polar surface area (TPSA) is 52.9 Å². The van der Waals surface area contributed by atoms with Crippen LogP contribution in [0.5, 0.6) is 17.2 Å². The van der Waals surface area contributed by atoms with Crippen LogP contribution >= 0.6 is 0 Å². The summed E-state index contributed by atoms with van der Waals surface area (Å²) in [6, 6.07) is 21.9. The molecule has 0 saturated carbocycles. The second kappa shape index (κ2) is 7.24. The Morgan fingerprint density at radius 2 is 1.55 bits per heavy atom. The summed E-state index contributed by atoms with van der Waals surface area (Å²) < 4.78 is 6.08. The second-order valence-corrected chi connectivity index (χ2v) is 8.33. The summed E-state index contributed by atoms with van der Waals surface area (Å²) in [7, 11) is 2.02. The van der Waals surface area contributed by atoms with E-state index in [-0.39, 0.29) is 17.6 Å². The quantitative estimate of drug-likeness (QED) is 0.387. The van der Waals surface area contributed by atoms with Gasteiger partial charge in [-0.25, -0.2) is 0 Å². The minimum atomic E-state index is -0.159. The fraction of sp³-hybridized carbons (Fsp3) is 0.185. The maximum absolute atomic E-state index is 11.5. The van der Waals surface area contributed by atoms with Crippen LogP contribution in [0, 0.1) is 0 Å². The third-order valence-corrected chi connectivity index (χ3v) is 5.87. The molecule has 0 saturated heterocycles. The Morgan fingerprint density at radius 1 is 0.839 bits per heavy atom. The van der Waals surface area contributed by atoms with Crippen molar-refractivity contribution < 1.29 is 14.9 Å². The van der Waals surface area contributed by atoms with Crippen molar-refractivity contribution in [3.63, 3.8) is 0 Å². The maximum atomic E-state index is 11.5. The molecule has 0 radical (unpaired) electrons. The molecule has 156 valence electrons. The van der Waals surface area contributed by atoms with Crippen LogP contribution in [0.25, 0.3) is 33.0 Å². The minimum Gasteiger partial charge on any atom is -0.507 e. The van der Waals surface area contributed by atoms with Gasteiger partial charge in [0.25, 0.3) is 0 Å². The van der Waals surface area contributed by atoms with Gasteiger partial charge in [0.05, 0.1) is 17.4 Å². The van der Waals surface area contributed by atoms with E-state index in [1.54, 1.807) is 0 Å². The Morgan fingerprint density at radius 3 is 2.29 bits per heavy atom. The molecule has 31 heavy (non-hydrogen) atoms. The molecule has 2 N–H and O–H groups in total. The van der Waals surface area contributed by atoms with Crippen molar-refractivity contribution in [2.24, 2.45) is 0 Å². The minimum absolute atomic E-state index is 0.0741. The van der Waals surface area contributed by atoms with Gasteiger partial charge in [-0.15, -0.1) is 0 Å². The molecule has 4 aromatic rings. The lowest BCUT2D eigenvalue weighted by molar-refractivity contribution is 0.232. The zero-order valence-corrected chi connectivity index (χ0v) is 17.9. The van der Waals surface area contributed by atoms with Crippen LogP contribution in [-0.4, -0.2) is 23.4 Å². The van der Waals surface area contributed by atoms with Crippen molar-refractivity contribution >= 4 is 16.5 Å². The van der Waals surface area contributed by atoms with E-state index in [9.17, 15) is 10.2 Å². The molecule has 1 aliphatic rings. The fourth-order valence-electron chi connectivity index (χ4n) is 4.60. The van der Waals surface area contributed by atoms with Crippen molar-refractivity contribution in [2.45, 2.75) is 26.5 Å². The molecule has 0 unspecified atom stereocenters. The molecule has 0 aliphatic carbocycles. The molecule has 0 spiro atoms. The summed E-state index contributed by atoms with van der Waals surface area (Å²) in [4.78, 5) is 2.14. The monoisotopic (exact) mass is 411 g/mol. The Labute approximate surface area is 182 Å². The normalized spacial score (nSPS) is 12.7. The Kier molecular flexibility index (Phi) is 4.51. The van der Waals surface area contributed by atoms with Crippen molar-refractivity contribution in [2.75, 3.05) is 11.9 Å². The molecular weight excluding hydrogens is 386 g/mol. The summed E-state index contributed by atoms with van der Waals surface area (Å²) in [5.41, 5.74) is 4.63. The molecule has 5 rings (SSSR count). The number of hydrogen-bond donors (Lipinski definition) is 2. The molecule has 1 aliphatic heterocycles. The number of fused-ring (bicyclic) bond motifs is 5. The van der Waals surface area contributed by atoms with Gasteiger partial charge in [0, 0.05) is 35.7 Å². The van der Waals surface area contributed by atoms with Gasteiger partial charge in [0.15, 0.2) is 11.5 Å². The maximum Gasteiger partial charge on any atom is 0.173 e. The summed E-state index contributed by atoms with van der Waals surface area (Å²) in [5, 5.41) is 25.2. The number of phenols is 2. The number of phenolic OH excluding ortho intramolecular Hbond substituents is 2. The highest BCUT2D eigenvalue weighted by molar-refractivity contribution is 6.06. The molecule has 4 aromatic carbocycles. The number of ether oxygens (including phenoxy) is 1. The van der Waals surface area contributed by atoms with E-state index in [1.165, 1.54) is 0 Å². The van der Waals surface area contributed by atoms with E-state index in [0.29, 0.717) is 29.0 Å². The highest BCUT2D eigenvalue weighted by Gasteiger charge is 2.32. The van der Waals surface area contributed by atoms with Crippen LogP contribution in [0.2, 0.25) is 0 Å². The van der Waals surface area contributed by atoms with Crippen molar-refractivity contribution in [1.82, 2.24) is 0 Å². The summed E-state index contributed by atoms with van der Waals surface area (Å²) in [6.45, 7) is 4.32. The van der Waals surface area contributed by atoms with Crippen LogP contribution in [0.1, 0.15) is 19.4 Å². The first-order valence-corrected chi connectivity index (χ1v) is 10.5. The van der Waals surface area contributed by atoms with Gasteiger partial charge in [0.2, 0.25) is 0 Å². The Balaban J connectivity index is 1.87. The van der Waals surface area contributed by atoms with Crippen molar-refractivity contribution in [3.05, 3.63) is 72.3 Å². The van der Waals surface area contributed by atoms with E-state index >= 15 is 0 Å². The van der Waals surface area contributed by atoms with Gasteiger partial charge in [-0.2, -0.15) is 0 Å². The summed E-state index contributed by atoms with van der Waals surface area (Å²) in [6.07, 6.45) is -0.159. The van der Waals surface area contributed by atoms with Crippen molar-refractivity contribution in [1.29, 1.82) is 0 Å². The lowest BCUT2D eigenvalue weighted by atomic mass is 9.86. The smallest absolute Gasteiger partial charge is 0.173 e. The highest BCUT2D eigenvalue weighted by atomic mass is 16.5. The SMILES string of the molecule is CC(C)Oc1c(O)c2c(c(O)c1-c1ccccc1)CN(C)c1c-2ccc2ccccc12. The fourth-order valence-corrected chi connectivity index (χ4v) is 4.60. The first kappa shape index (κ1) is 19.3. The van der Waals surface area contributed by atoms with Gasteiger partial charge in [0.1, 0.15) is 5.75 Å². The summed E-state index contributed by atoms with van der Waals surface area (Å²) >= 11 is 0. The average molecular weight is 412 g/mol. The molecule has 0 atom stereocenters. The molecular formula is C27H25NO3. The molecule has 0 aromatic heterocycles. The van der Waals surface area contributed by atoms with Crippen LogP contribution in [0.4, 0.5) is 5.69 Å². The predicted molar refractivity (Wildman–Crippen MR) is 126 cm³/mol. The number of rotatable bonds is 3. The van der Waals surface area contributed by atoms with E-state index in [2.05, 4.69) is 23.1 Å². The number of anilines is 1. The average Bonchev–Trinajstić information content (AvgIpc) is 2.77. The molecule has 0 amide bonds. The first-order valence-electron chi connectivity index (χ1n) is 10.5. The number of hydrogen-bond acceptors (Lipinski definition) is 4. The van der Waals surface area contributed by atoms with Gasteiger partial charge in [-0.05, 0) is 24.8 Å².